The van der Waals surface area contributed by atoms with Crippen molar-refractivity contribution in [3.8, 4) is 0 Å². The average molecular weight is 423 g/mol. The third kappa shape index (κ3) is 5.13. The van der Waals surface area contributed by atoms with Crippen LogP contribution >= 0.6 is 11.3 Å². The Hall–Kier alpha value is -2.99. The SMILES string of the molecule is CC[C@H](C)[C@@H](C(=O)OCc1csc(N(C(C)=O)c2ccccc2)n1)c1ccccc1. The molecule has 30 heavy (non-hydrogen) atoms. The van der Waals surface area contributed by atoms with Crippen LogP contribution in [0.2, 0.25) is 0 Å². The first-order valence-electron chi connectivity index (χ1n) is 10.0. The number of nitrogens with zero attached hydrogens (tertiary/aromatic N) is 2. The minimum atomic E-state index is -0.313. The number of para-hydroxylation sites is 1. The second-order valence-corrected chi connectivity index (χ2v) is 8.03. The van der Waals surface area contributed by atoms with E-state index in [4.69, 9.17) is 4.74 Å². The number of hydrogen-bond acceptors (Lipinski definition) is 5. The molecule has 1 aromatic heterocycles. The zero-order valence-electron chi connectivity index (χ0n) is 17.4. The molecule has 1 heterocycles. The van der Waals surface area contributed by atoms with Crippen LogP contribution in [-0.2, 0) is 20.9 Å². The van der Waals surface area contributed by atoms with Gasteiger partial charge in [-0.15, -0.1) is 11.3 Å². The second-order valence-electron chi connectivity index (χ2n) is 7.19. The molecule has 1 amide bonds. The van der Waals surface area contributed by atoms with Crippen molar-refractivity contribution in [2.75, 3.05) is 4.90 Å². The van der Waals surface area contributed by atoms with Gasteiger partial charge < -0.3 is 4.74 Å². The van der Waals surface area contributed by atoms with E-state index in [0.29, 0.717) is 10.8 Å². The molecular weight excluding hydrogens is 396 g/mol. The van der Waals surface area contributed by atoms with Gasteiger partial charge in [0.15, 0.2) is 5.13 Å². The summed E-state index contributed by atoms with van der Waals surface area (Å²) in [7, 11) is 0. The van der Waals surface area contributed by atoms with Gasteiger partial charge in [0.05, 0.1) is 17.3 Å². The predicted octanol–water partition coefficient (Wildman–Crippen LogP) is 5.70. The minimum absolute atomic E-state index is 0.0790. The summed E-state index contributed by atoms with van der Waals surface area (Å²) in [5.41, 5.74) is 2.34. The lowest BCUT2D eigenvalue weighted by atomic mass is 9.86. The molecule has 0 bridgehead atoms. The molecule has 3 aromatic rings. The van der Waals surface area contributed by atoms with Crippen LogP contribution in [0.1, 0.15) is 44.4 Å². The summed E-state index contributed by atoms with van der Waals surface area (Å²) in [6, 6.07) is 19.1. The Morgan fingerprint density at radius 3 is 2.30 bits per heavy atom. The minimum Gasteiger partial charge on any atom is -0.459 e. The molecule has 2 aromatic carbocycles. The molecule has 2 atom stereocenters. The molecule has 156 valence electrons. The smallest absolute Gasteiger partial charge is 0.314 e. The molecule has 0 spiro atoms. The number of amides is 1. The molecule has 0 saturated heterocycles. The molecule has 0 aliphatic rings. The molecule has 3 rings (SSSR count). The first-order chi connectivity index (χ1) is 14.5. The summed E-state index contributed by atoms with van der Waals surface area (Å²) >= 11 is 1.35. The lowest BCUT2D eigenvalue weighted by molar-refractivity contribution is -0.148. The Labute approximate surface area is 181 Å². The Kier molecular flexibility index (Phi) is 7.36. The van der Waals surface area contributed by atoms with Crippen LogP contribution in [0.5, 0.6) is 0 Å². The zero-order chi connectivity index (χ0) is 21.5. The number of anilines is 2. The van der Waals surface area contributed by atoms with Crippen LogP contribution in [0.15, 0.2) is 66.0 Å². The predicted molar refractivity (Wildman–Crippen MR) is 120 cm³/mol. The Morgan fingerprint density at radius 1 is 1.07 bits per heavy atom. The normalized spacial score (nSPS) is 12.8. The maximum atomic E-state index is 12.9. The summed E-state index contributed by atoms with van der Waals surface area (Å²) in [6.45, 7) is 5.71. The van der Waals surface area contributed by atoms with Crippen LogP contribution in [0.4, 0.5) is 10.8 Å². The molecule has 5 nitrogen and oxygen atoms in total. The van der Waals surface area contributed by atoms with Gasteiger partial charge in [-0.1, -0.05) is 68.8 Å². The number of hydrogen-bond donors (Lipinski definition) is 0. The van der Waals surface area contributed by atoms with Gasteiger partial charge in [-0.25, -0.2) is 4.98 Å². The highest BCUT2D eigenvalue weighted by Gasteiger charge is 2.27. The fourth-order valence-corrected chi connectivity index (χ4v) is 4.17. The summed E-state index contributed by atoms with van der Waals surface area (Å²) in [5.74, 6) is -0.527. The van der Waals surface area contributed by atoms with Crippen molar-refractivity contribution in [2.24, 2.45) is 5.92 Å². The van der Waals surface area contributed by atoms with Gasteiger partial charge in [0.25, 0.3) is 0 Å². The van der Waals surface area contributed by atoms with Crippen molar-refractivity contribution in [1.82, 2.24) is 4.98 Å². The Morgan fingerprint density at radius 2 is 1.70 bits per heavy atom. The number of esters is 1. The molecule has 0 radical (unpaired) electrons. The topological polar surface area (TPSA) is 59.5 Å². The van der Waals surface area contributed by atoms with E-state index in [-0.39, 0.29) is 30.3 Å². The Bertz CT molecular complexity index is 972. The molecule has 0 aliphatic carbocycles. The van der Waals surface area contributed by atoms with Gasteiger partial charge in [-0.2, -0.15) is 0 Å². The Balaban J connectivity index is 1.72. The third-order valence-electron chi connectivity index (χ3n) is 5.05. The van der Waals surface area contributed by atoms with Gasteiger partial charge >= 0.3 is 5.97 Å². The third-order valence-corrected chi connectivity index (χ3v) is 5.92. The van der Waals surface area contributed by atoms with Crippen molar-refractivity contribution in [2.45, 2.75) is 39.7 Å². The molecule has 0 N–H and O–H groups in total. The second kappa shape index (κ2) is 10.2. The number of carbonyl (C=O) groups is 2. The summed E-state index contributed by atoms with van der Waals surface area (Å²) in [4.78, 5) is 31.1. The van der Waals surface area contributed by atoms with E-state index in [2.05, 4.69) is 18.8 Å². The number of ether oxygens (including phenoxy) is 1. The first-order valence-corrected chi connectivity index (χ1v) is 10.9. The van der Waals surface area contributed by atoms with Gasteiger partial charge in [-0.05, 0) is 23.6 Å². The number of aromatic nitrogens is 1. The van der Waals surface area contributed by atoms with Gasteiger partial charge in [0.2, 0.25) is 5.91 Å². The zero-order valence-corrected chi connectivity index (χ0v) is 18.3. The maximum absolute atomic E-state index is 12.9. The standard InChI is InChI=1S/C24H26N2O3S/c1-4-17(2)22(19-11-7-5-8-12-19)23(28)29-15-20-16-30-24(25-20)26(18(3)27)21-13-9-6-10-14-21/h5-14,16-17,22H,4,15H2,1-3H3/t17-,22+/m0/s1. The van der Waals surface area contributed by atoms with Crippen LogP contribution in [-0.4, -0.2) is 16.9 Å². The van der Waals surface area contributed by atoms with E-state index >= 15 is 0 Å². The monoisotopic (exact) mass is 422 g/mol. The van der Waals surface area contributed by atoms with Gasteiger partial charge in [0.1, 0.15) is 6.61 Å². The fraction of sp³-hybridized carbons (Fsp3) is 0.292. The number of rotatable bonds is 8. The highest BCUT2D eigenvalue weighted by Crippen LogP contribution is 2.31. The van der Waals surface area contributed by atoms with E-state index in [1.165, 1.54) is 18.3 Å². The van der Waals surface area contributed by atoms with E-state index in [1.807, 2.05) is 66.0 Å². The summed E-state index contributed by atoms with van der Waals surface area (Å²) < 4.78 is 5.63. The highest BCUT2D eigenvalue weighted by molar-refractivity contribution is 7.14. The van der Waals surface area contributed by atoms with Crippen molar-refractivity contribution < 1.29 is 14.3 Å². The number of carbonyl (C=O) groups excluding carboxylic acids is 2. The van der Waals surface area contributed by atoms with Gasteiger partial charge in [-0.3, -0.25) is 14.5 Å². The fourth-order valence-electron chi connectivity index (χ4n) is 3.30. The molecule has 0 fully saturated rings. The first kappa shape index (κ1) is 21.7. The van der Waals surface area contributed by atoms with E-state index in [0.717, 1.165) is 17.7 Å². The lowest BCUT2D eigenvalue weighted by Gasteiger charge is -2.21. The van der Waals surface area contributed by atoms with Crippen molar-refractivity contribution in [3.63, 3.8) is 0 Å². The average Bonchev–Trinajstić information content (AvgIpc) is 3.22. The van der Waals surface area contributed by atoms with Crippen LogP contribution in [0.3, 0.4) is 0 Å². The van der Waals surface area contributed by atoms with Crippen molar-refractivity contribution >= 4 is 34.0 Å². The van der Waals surface area contributed by atoms with E-state index < -0.39 is 0 Å². The molecule has 0 aliphatic heterocycles. The van der Waals surface area contributed by atoms with Crippen LogP contribution in [0, 0.1) is 5.92 Å². The van der Waals surface area contributed by atoms with E-state index in [9.17, 15) is 9.59 Å². The van der Waals surface area contributed by atoms with E-state index in [1.54, 1.807) is 4.90 Å². The van der Waals surface area contributed by atoms with Gasteiger partial charge in [0, 0.05) is 12.3 Å². The molecule has 6 heteroatoms. The summed E-state index contributed by atoms with van der Waals surface area (Å²) in [5, 5.41) is 2.38. The van der Waals surface area contributed by atoms with Crippen LogP contribution < -0.4 is 4.90 Å². The quantitative estimate of drug-likeness (QED) is 0.437. The lowest BCUT2D eigenvalue weighted by Crippen LogP contribution is -2.23. The van der Waals surface area contributed by atoms with Crippen LogP contribution in [0.25, 0.3) is 0 Å². The maximum Gasteiger partial charge on any atom is 0.314 e. The summed E-state index contributed by atoms with van der Waals surface area (Å²) in [6.07, 6.45) is 0.875. The van der Waals surface area contributed by atoms with Crippen molar-refractivity contribution in [1.29, 1.82) is 0 Å². The molecule has 0 unspecified atom stereocenters. The number of thiazole rings is 1. The number of benzene rings is 2. The van der Waals surface area contributed by atoms with Crippen molar-refractivity contribution in [3.05, 3.63) is 77.3 Å². The highest BCUT2D eigenvalue weighted by atomic mass is 32.1. The molecular formula is C24H26N2O3S. The molecule has 0 saturated carbocycles. The largest absolute Gasteiger partial charge is 0.459 e.